The fourth-order valence-electron chi connectivity index (χ4n) is 3.84. The van der Waals surface area contributed by atoms with Crippen molar-refractivity contribution in [3.05, 3.63) is 87.3 Å². The number of ether oxygens (including phenoxy) is 1. The van der Waals surface area contributed by atoms with Crippen molar-refractivity contribution < 1.29 is 19.0 Å². The molecule has 1 fully saturated rings. The monoisotopic (exact) mass is 452 g/mol. The Labute approximate surface area is 190 Å². The van der Waals surface area contributed by atoms with Crippen LogP contribution >= 0.6 is 0 Å². The third kappa shape index (κ3) is 5.88. The van der Waals surface area contributed by atoms with Crippen LogP contribution in [0.5, 0.6) is 5.75 Å². The maximum Gasteiger partial charge on any atom is 0.270 e. The van der Waals surface area contributed by atoms with E-state index in [-0.39, 0.29) is 30.8 Å². The molecule has 0 aliphatic carbocycles. The molecule has 0 bridgehead atoms. The molecule has 1 saturated heterocycles. The quantitative estimate of drug-likeness (QED) is 0.523. The van der Waals surface area contributed by atoms with E-state index in [1.165, 1.54) is 24.4 Å². The number of Topliss-reactive ketones (excluding diaryl/α,β-unsaturated/α-hetero) is 1. The van der Waals surface area contributed by atoms with Gasteiger partial charge in [0.05, 0.1) is 24.2 Å². The molecule has 3 heterocycles. The molecule has 0 radical (unpaired) electrons. The normalized spacial score (nSPS) is 16.2. The first-order valence-electron chi connectivity index (χ1n) is 10.7. The largest absolute Gasteiger partial charge is 0.485 e. The number of pyridine rings is 1. The Kier molecular flexibility index (Phi) is 6.90. The van der Waals surface area contributed by atoms with Gasteiger partial charge in [0.15, 0.2) is 5.78 Å². The first-order valence-corrected chi connectivity index (χ1v) is 10.7. The Morgan fingerprint density at radius 3 is 2.76 bits per heavy atom. The van der Waals surface area contributed by atoms with Gasteiger partial charge >= 0.3 is 0 Å². The zero-order valence-electron chi connectivity index (χ0n) is 18.3. The summed E-state index contributed by atoms with van der Waals surface area (Å²) >= 11 is 0. The van der Waals surface area contributed by atoms with E-state index in [0.717, 1.165) is 41.5 Å². The summed E-state index contributed by atoms with van der Waals surface area (Å²) in [7, 11) is 0. The number of nitrogens with zero attached hydrogens (tertiary/aromatic N) is 4. The van der Waals surface area contributed by atoms with Crippen molar-refractivity contribution >= 4 is 5.78 Å². The second-order valence-corrected chi connectivity index (χ2v) is 8.19. The Morgan fingerprint density at radius 1 is 1.24 bits per heavy atom. The average Bonchev–Trinajstić information content (AvgIpc) is 3.19. The van der Waals surface area contributed by atoms with Crippen LogP contribution in [0.2, 0.25) is 0 Å². The maximum atomic E-state index is 12.9. The Hall–Kier alpha value is -3.43. The number of benzene rings is 1. The minimum Gasteiger partial charge on any atom is -0.485 e. The summed E-state index contributed by atoms with van der Waals surface area (Å²) < 4.78 is 19.5. The maximum absolute atomic E-state index is 12.9. The molecular weight excluding hydrogens is 427 g/mol. The summed E-state index contributed by atoms with van der Waals surface area (Å²) in [6.45, 7) is 3.99. The number of aryl methyl sites for hydroxylation is 1. The van der Waals surface area contributed by atoms with Gasteiger partial charge in [-0.15, -0.1) is 0 Å². The van der Waals surface area contributed by atoms with E-state index < -0.39 is 11.4 Å². The van der Waals surface area contributed by atoms with E-state index in [4.69, 9.17) is 4.74 Å². The van der Waals surface area contributed by atoms with Crippen LogP contribution in [0, 0.1) is 12.7 Å². The van der Waals surface area contributed by atoms with Crippen molar-refractivity contribution in [2.45, 2.75) is 39.1 Å². The molecule has 0 unspecified atom stereocenters. The van der Waals surface area contributed by atoms with Crippen LogP contribution in [0.15, 0.2) is 53.6 Å². The zero-order valence-corrected chi connectivity index (χ0v) is 18.3. The first kappa shape index (κ1) is 22.8. The lowest BCUT2D eigenvalue weighted by molar-refractivity contribution is 0.0964. The van der Waals surface area contributed by atoms with Crippen molar-refractivity contribution in [1.82, 2.24) is 19.7 Å². The SMILES string of the molecule is Cc1cc(CN2CC[C@H](O)C2)ccc1C(=O)Cn1ncc(OCc2ccc(F)cn2)cc1=O. The lowest BCUT2D eigenvalue weighted by atomic mass is 10.0. The standard InChI is InChI=1S/C24H25FN4O4/c1-16-8-17(12-28-7-6-20(30)13-28)2-5-22(16)23(31)14-29-24(32)9-21(11-27-29)33-15-19-4-3-18(25)10-26-19/h2-5,8-11,20,30H,6-7,12-15H2,1H3/t20-/m0/s1. The van der Waals surface area contributed by atoms with Crippen molar-refractivity contribution in [1.29, 1.82) is 0 Å². The van der Waals surface area contributed by atoms with Crippen LogP contribution in [0.3, 0.4) is 0 Å². The summed E-state index contributed by atoms with van der Waals surface area (Å²) in [5.74, 6) is -0.416. The number of ketones is 1. The molecular formula is C24H25FN4O4. The summed E-state index contributed by atoms with van der Waals surface area (Å²) in [5, 5.41) is 13.7. The van der Waals surface area contributed by atoms with Gasteiger partial charge in [0, 0.05) is 31.3 Å². The number of halogens is 1. The van der Waals surface area contributed by atoms with Crippen LogP contribution in [-0.2, 0) is 19.7 Å². The molecule has 1 N–H and O–H groups in total. The number of hydrogen-bond acceptors (Lipinski definition) is 7. The number of aromatic nitrogens is 3. The molecule has 0 saturated carbocycles. The molecule has 0 spiro atoms. The van der Waals surface area contributed by atoms with Crippen LogP contribution in [0.1, 0.15) is 33.6 Å². The third-order valence-electron chi connectivity index (χ3n) is 5.56. The van der Waals surface area contributed by atoms with Gasteiger partial charge in [-0.2, -0.15) is 5.10 Å². The van der Waals surface area contributed by atoms with Crippen LogP contribution in [0.4, 0.5) is 4.39 Å². The fraction of sp³-hybridized carbons (Fsp3) is 0.333. The van der Waals surface area contributed by atoms with Crippen molar-refractivity contribution in [2.75, 3.05) is 13.1 Å². The number of carbonyl (C=O) groups is 1. The number of hydrogen-bond donors (Lipinski definition) is 1. The van der Waals surface area contributed by atoms with Gasteiger partial charge in [-0.05, 0) is 36.6 Å². The molecule has 3 aromatic rings. The lowest BCUT2D eigenvalue weighted by Gasteiger charge is -2.16. The van der Waals surface area contributed by atoms with Gasteiger partial charge in [0.25, 0.3) is 5.56 Å². The number of aliphatic hydroxyl groups excluding tert-OH is 1. The number of likely N-dealkylation sites (tertiary alicyclic amines) is 1. The molecule has 2 aromatic heterocycles. The highest BCUT2D eigenvalue weighted by molar-refractivity contribution is 5.97. The van der Waals surface area contributed by atoms with Gasteiger partial charge in [0.2, 0.25) is 0 Å². The minimum absolute atomic E-state index is 0.0618. The van der Waals surface area contributed by atoms with Crippen molar-refractivity contribution in [2.24, 2.45) is 0 Å². The smallest absolute Gasteiger partial charge is 0.270 e. The molecule has 172 valence electrons. The number of β-amino-alcohol motifs (C(OH)–C–C–N with tert-alkyl or cyclic N) is 1. The number of carbonyl (C=O) groups excluding carboxylic acids is 1. The molecule has 4 rings (SSSR count). The Morgan fingerprint density at radius 2 is 2.09 bits per heavy atom. The summed E-state index contributed by atoms with van der Waals surface area (Å²) in [6.07, 6.45) is 2.96. The van der Waals surface area contributed by atoms with Crippen LogP contribution in [0.25, 0.3) is 0 Å². The van der Waals surface area contributed by atoms with E-state index in [1.54, 1.807) is 6.07 Å². The molecule has 33 heavy (non-hydrogen) atoms. The Balaban J connectivity index is 1.37. The molecule has 1 aliphatic rings. The van der Waals surface area contributed by atoms with E-state index >= 15 is 0 Å². The molecule has 1 atom stereocenters. The topological polar surface area (TPSA) is 97.6 Å². The summed E-state index contributed by atoms with van der Waals surface area (Å²) in [4.78, 5) is 31.3. The van der Waals surface area contributed by atoms with Crippen LogP contribution < -0.4 is 10.3 Å². The molecule has 9 heteroatoms. The summed E-state index contributed by atoms with van der Waals surface area (Å²) in [6, 6.07) is 9.67. The molecule has 8 nitrogen and oxygen atoms in total. The second-order valence-electron chi connectivity index (χ2n) is 8.19. The van der Waals surface area contributed by atoms with Gasteiger partial charge in [-0.1, -0.05) is 18.2 Å². The van der Waals surface area contributed by atoms with Gasteiger partial charge in [-0.25, -0.2) is 9.07 Å². The van der Waals surface area contributed by atoms with Crippen molar-refractivity contribution in [3.63, 3.8) is 0 Å². The predicted molar refractivity (Wildman–Crippen MR) is 118 cm³/mol. The van der Waals surface area contributed by atoms with Crippen LogP contribution in [-0.4, -0.2) is 49.7 Å². The molecule has 1 aromatic carbocycles. The van der Waals surface area contributed by atoms with E-state index in [1.807, 2.05) is 19.1 Å². The highest BCUT2D eigenvalue weighted by Gasteiger charge is 2.20. The second kappa shape index (κ2) is 10.0. The number of aliphatic hydroxyl groups is 1. The van der Waals surface area contributed by atoms with Gasteiger partial charge in [-0.3, -0.25) is 19.5 Å². The predicted octanol–water partition coefficient (Wildman–Crippen LogP) is 2.11. The number of rotatable bonds is 8. The first-order chi connectivity index (χ1) is 15.9. The van der Waals surface area contributed by atoms with E-state index in [0.29, 0.717) is 17.8 Å². The average molecular weight is 452 g/mol. The van der Waals surface area contributed by atoms with E-state index in [9.17, 15) is 19.1 Å². The highest BCUT2D eigenvalue weighted by Crippen LogP contribution is 2.17. The summed E-state index contributed by atoms with van der Waals surface area (Å²) in [5.41, 5.74) is 2.49. The minimum atomic E-state index is -0.463. The van der Waals surface area contributed by atoms with Gasteiger partial charge < -0.3 is 9.84 Å². The lowest BCUT2D eigenvalue weighted by Crippen LogP contribution is -2.26. The highest BCUT2D eigenvalue weighted by atomic mass is 19.1. The zero-order chi connectivity index (χ0) is 23.4. The van der Waals surface area contributed by atoms with Gasteiger partial charge in [0.1, 0.15) is 24.7 Å². The Bertz CT molecular complexity index is 1200. The van der Waals surface area contributed by atoms with Crippen molar-refractivity contribution in [3.8, 4) is 5.75 Å². The van der Waals surface area contributed by atoms with E-state index in [2.05, 4.69) is 15.0 Å². The molecule has 1 aliphatic heterocycles. The molecule has 0 amide bonds. The fourth-order valence-corrected chi connectivity index (χ4v) is 3.84. The third-order valence-corrected chi connectivity index (χ3v) is 5.56.